The average molecular weight is 242 g/mol. The lowest BCUT2D eigenvalue weighted by Gasteiger charge is -2.10. The van der Waals surface area contributed by atoms with Crippen LogP contribution >= 0.6 is 0 Å². The van der Waals surface area contributed by atoms with Crippen molar-refractivity contribution in [3.05, 3.63) is 41.1 Å². The number of unbranched alkanes of at least 4 members (excludes halogenated alkanes) is 1. The number of hydrogen-bond donors (Lipinski definition) is 1. The molecule has 0 bridgehead atoms. The Morgan fingerprint density at radius 3 is 2.78 bits per heavy atom. The van der Waals surface area contributed by atoms with Gasteiger partial charge in [-0.2, -0.15) is 0 Å². The Kier molecular flexibility index (Phi) is 4.32. The number of hydrogen-bond acceptors (Lipinski definition) is 2. The second-order valence-electron chi connectivity index (χ2n) is 4.97. The van der Waals surface area contributed by atoms with E-state index in [4.69, 9.17) is 0 Å². The van der Waals surface area contributed by atoms with Crippen molar-refractivity contribution in [1.29, 1.82) is 0 Å². The summed E-state index contributed by atoms with van der Waals surface area (Å²) < 4.78 is 0. The standard InChI is InChI=1S/C16H22N2/c1-4-5-8-17-11-14-10-13(3)18-16-7-6-12(2)9-15(14)16/h6-7,9-10,17H,4-5,8,11H2,1-3H3. The van der Waals surface area contributed by atoms with Gasteiger partial charge in [0.2, 0.25) is 0 Å². The van der Waals surface area contributed by atoms with E-state index in [1.165, 1.54) is 29.4 Å². The normalized spacial score (nSPS) is 11.1. The Hall–Kier alpha value is -1.41. The van der Waals surface area contributed by atoms with Crippen molar-refractivity contribution in [2.24, 2.45) is 0 Å². The van der Waals surface area contributed by atoms with E-state index in [0.717, 1.165) is 24.3 Å². The van der Waals surface area contributed by atoms with Gasteiger partial charge in [-0.1, -0.05) is 25.0 Å². The van der Waals surface area contributed by atoms with Gasteiger partial charge in [0, 0.05) is 17.6 Å². The fourth-order valence-corrected chi connectivity index (χ4v) is 2.23. The minimum atomic E-state index is 0.934. The van der Waals surface area contributed by atoms with Crippen LogP contribution in [0, 0.1) is 13.8 Å². The van der Waals surface area contributed by atoms with Gasteiger partial charge in [-0.15, -0.1) is 0 Å². The second-order valence-corrected chi connectivity index (χ2v) is 4.97. The molecule has 1 aromatic carbocycles. The Labute approximate surface area is 109 Å². The number of aryl methyl sites for hydroxylation is 2. The van der Waals surface area contributed by atoms with E-state index in [9.17, 15) is 0 Å². The average Bonchev–Trinajstić information content (AvgIpc) is 2.35. The fourth-order valence-electron chi connectivity index (χ4n) is 2.23. The molecule has 96 valence electrons. The van der Waals surface area contributed by atoms with Gasteiger partial charge in [-0.05, 0) is 50.6 Å². The Bertz CT molecular complexity index is 532. The van der Waals surface area contributed by atoms with Gasteiger partial charge in [-0.3, -0.25) is 4.98 Å². The third kappa shape index (κ3) is 3.08. The van der Waals surface area contributed by atoms with Crippen molar-refractivity contribution in [3.8, 4) is 0 Å². The van der Waals surface area contributed by atoms with Gasteiger partial charge in [0.1, 0.15) is 0 Å². The van der Waals surface area contributed by atoms with Gasteiger partial charge in [0.15, 0.2) is 0 Å². The third-order valence-corrected chi connectivity index (χ3v) is 3.20. The summed E-state index contributed by atoms with van der Waals surface area (Å²) in [6.45, 7) is 8.44. The number of nitrogens with one attached hydrogen (secondary N) is 1. The zero-order chi connectivity index (χ0) is 13.0. The van der Waals surface area contributed by atoms with Crippen LogP contribution in [0.5, 0.6) is 0 Å². The maximum absolute atomic E-state index is 4.59. The van der Waals surface area contributed by atoms with Crippen LogP contribution in [0.2, 0.25) is 0 Å². The molecule has 0 aliphatic carbocycles. The SMILES string of the molecule is CCCCNCc1cc(C)nc2ccc(C)cc12. The molecule has 1 heterocycles. The highest BCUT2D eigenvalue weighted by molar-refractivity contribution is 5.83. The van der Waals surface area contributed by atoms with E-state index in [0.29, 0.717) is 0 Å². The lowest BCUT2D eigenvalue weighted by atomic mass is 10.1. The molecule has 2 nitrogen and oxygen atoms in total. The first-order valence-electron chi connectivity index (χ1n) is 6.78. The van der Waals surface area contributed by atoms with E-state index in [1.807, 2.05) is 0 Å². The number of fused-ring (bicyclic) bond motifs is 1. The van der Waals surface area contributed by atoms with Crippen LogP contribution in [-0.4, -0.2) is 11.5 Å². The summed E-state index contributed by atoms with van der Waals surface area (Å²) in [5.41, 5.74) is 4.85. The zero-order valence-electron chi connectivity index (χ0n) is 11.6. The van der Waals surface area contributed by atoms with E-state index in [-0.39, 0.29) is 0 Å². The summed E-state index contributed by atoms with van der Waals surface area (Å²) in [6.07, 6.45) is 2.48. The van der Waals surface area contributed by atoms with Crippen LogP contribution < -0.4 is 5.32 Å². The van der Waals surface area contributed by atoms with Crippen molar-refractivity contribution < 1.29 is 0 Å². The minimum Gasteiger partial charge on any atom is -0.313 e. The molecule has 0 amide bonds. The first kappa shape index (κ1) is 13.0. The molecule has 1 N–H and O–H groups in total. The van der Waals surface area contributed by atoms with Crippen molar-refractivity contribution in [1.82, 2.24) is 10.3 Å². The Balaban J connectivity index is 2.27. The molecule has 0 atom stereocenters. The quantitative estimate of drug-likeness (QED) is 0.808. The summed E-state index contributed by atoms with van der Waals surface area (Å²) in [7, 11) is 0. The van der Waals surface area contributed by atoms with Gasteiger partial charge in [0.25, 0.3) is 0 Å². The lowest BCUT2D eigenvalue weighted by molar-refractivity contribution is 0.643. The molecule has 0 saturated carbocycles. The minimum absolute atomic E-state index is 0.934. The predicted molar refractivity (Wildman–Crippen MR) is 77.8 cm³/mol. The number of nitrogens with zero attached hydrogens (tertiary/aromatic N) is 1. The van der Waals surface area contributed by atoms with E-state index in [1.54, 1.807) is 0 Å². The maximum Gasteiger partial charge on any atom is 0.0708 e. The topological polar surface area (TPSA) is 24.9 Å². The highest BCUT2D eigenvalue weighted by Crippen LogP contribution is 2.19. The van der Waals surface area contributed by atoms with E-state index >= 15 is 0 Å². The van der Waals surface area contributed by atoms with Crippen molar-refractivity contribution in [3.63, 3.8) is 0 Å². The van der Waals surface area contributed by atoms with E-state index in [2.05, 4.69) is 55.3 Å². The largest absolute Gasteiger partial charge is 0.313 e. The molecule has 2 rings (SSSR count). The first-order chi connectivity index (χ1) is 8.70. The maximum atomic E-state index is 4.59. The summed E-state index contributed by atoms with van der Waals surface area (Å²) in [5, 5.41) is 4.80. The van der Waals surface area contributed by atoms with Crippen LogP contribution in [0.25, 0.3) is 10.9 Å². The smallest absolute Gasteiger partial charge is 0.0708 e. The molecule has 0 fully saturated rings. The zero-order valence-corrected chi connectivity index (χ0v) is 11.6. The number of pyridine rings is 1. The van der Waals surface area contributed by atoms with Crippen molar-refractivity contribution >= 4 is 10.9 Å². The number of benzene rings is 1. The molecule has 18 heavy (non-hydrogen) atoms. The Morgan fingerprint density at radius 2 is 2.00 bits per heavy atom. The molecular formula is C16H22N2. The van der Waals surface area contributed by atoms with Gasteiger partial charge in [-0.25, -0.2) is 0 Å². The Morgan fingerprint density at radius 1 is 1.17 bits per heavy atom. The molecule has 2 heteroatoms. The molecule has 0 radical (unpaired) electrons. The third-order valence-electron chi connectivity index (χ3n) is 3.20. The number of aromatic nitrogens is 1. The van der Waals surface area contributed by atoms with Crippen LogP contribution in [0.1, 0.15) is 36.6 Å². The molecule has 0 spiro atoms. The molecule has 0 saturated heterocycles. The van der Waals surface area contributed by atoms with Crippen LogP contribution in [-0.2, 0) is 6.54 Å². The van der Waals surface area contributed by atoms with Crippen molar-refractivity contribution in [2.45, 2.75) is 40.2 Å². The molecule has 2 aromatic rings. The van der Waals surface area contributed by atoms with Gasteiger partial charge < -0.3 is 5.32 Å². The first-order valence-corrected chi connectivity index (χ1v) is 6.78. The molecule has 0 unspecified atom stereocenters. The van der Waals surface area contributed by atoms with Crippen LogP contribution in [0.3, 0.4) is 0 Å². The van der Waals surface area contributed by atoms with Gasteiger partial charge >= 0.3 is 0 Å². The summed E-state index contributed by atoms with van der Waals surface area (Å²) in [5.74, 6) is 0. The molecule has 1 aromatic heterocycles. The van der Waals surface area contributed by atoms with Crippen LogP contribution in [0.15, 0.2) is 24.3 Å². The predicted octanol–water partition coefficient (Wildman–Crippen LogP) is 3.74. The number of rotatable bonds is 5. The fraction of sp³-hybridized carbons (Fsp3) is 0.438. The highest BCUT2D eigenvalue weighted by Gasteiger charge is 2.04. The molecular weight excluding hydrogens is 220 g/mol. The highest BCUT2D eigenvalue weighted by atomic mass is 14.8. The van der Waals surface area contributed by atoms with Crippen molar-refractivity contribution in [2.75, 3.05) is 6.54 Å². The molecule has 0 aliphatic heterocycles. The lowest BCUT2D eigenvalue weighted by Crippen LogP contribution is -2.15. The van der Waals surface area contributed by atoms with Crippen LogP contribution in [0.4, 0.5) is 0 Å². The second kappa shape index (κ2) is 5.96. The van der Waals surface area contributed by atoms with Gasteiger partial charge in [0.05, 0.1) is 5.52 Å². The monoisotopic (exact) mass is 242 g/mol. The molecule has 0 aliphatic rings. The summed E-state index contributed by atoms with van der Waals surface area (Å²) >= 11 is 0. The summed E-state index contributed by atoms with van der Waals surface area (Å²) in [4.78, 5) is 4.59. The van der Waals surface area contributed by atoms with E-state index < -0.39 is 0 Å². The summed E-state index contributed by atoms with van der Waals surface area (Å²) in [6, 6.07) is 8.68.